The van der Waals surface area contributed by atoms with Crippen LogP contribution in [-0.2, 0) is 10.9 Å². The topological polar surface area (TPSA) is 29.0 Å². The van der Waals surface area contributed by atoms with Gasteiger partial charge in [0.2, 0.25) is 0 Å². The van der Waals surface area contributed by atoms with Crippen molar-refractivity contribution in [2.75, 3.05) is 7.05 Å². The van der Waals surface area contributed by atoms with Crippen LogP contribution < -0.4 is 0 Å². The second-order valence-corrected chi connectivity index (χ2v) is 12.1. The largest absolute Gasteiger partial charge is 0.300 e. The lowest BCUT2D eigenvalue weighted by atomic mass is 9.84. The molecule has 3 atom stereocenters. The molecule has 35 heavy (non-hydrogen) atoms. The molecule has 4 heteroatoms. The summed E-state index contributed by atoms with van der Waals surface area (Å²) in [5.74, 6) is 0.604. The van der Waals surface area contributed by atoms with Gasteiger partial charge in [0.05, 0.1) is 0 Å². The van der Waals surface area contributed by atoms with Gasteiger partial charge in [-0.1, -0.05) is 35.4 Å². The maximum atomic E-state index is 5.01. The number of rotatable bonds is 5. The normalized spacial score (nSPS) is 21.7. The minimum Gasteiger partial charge on any atom is -0.300 e. The van der Waals surface area contributed by atoms with E-state index >= 15 is 0 Å². The van der Waals surface area contributed by atoms with Gasteiger partial charge in [0.1, 0.15) is 10.9 Å². The number of hydrogen-bond acceptors (Lipinski definition) is 3. The molecular formula is C31H32N3S+. The van der Waals surface area contributed by atoms with E-state index < -0.39 is 0 Å². The van der Waals surface area contributed by atoms with Crippen LogP contribution in [0.2, 0.25) is 0 Å². The van der Waals surface area contributed by atoms with Crippen LogP contribution in [0.15, 0.2) is 100 Å². The van der Waals surface area contributed by atoms with Gasteiger partial charge in [-0.05, 0) is 82.1 Å². The molecule has 0 saturated carbocycles. The third kappa shape index (κ3) is 4.30. The molecule has 4 heterocycles. The minimum absolute atomic E-state index is 0.240. The van der Waals surface area contributed by atoms with E-state index in [2.05, 4.69) is 104 Å². The van der Waals surface area contributed by atoms with Gasteiger partial charge >= 0.3 is 0 Å². The highest BCUT2D eigenvalue weighted by atomic mass is 32.2. The van der Waals surface area contributed by atoms with Gasteiger partial charge in [0.15, 0.2) is 9.79 Å². The Kier molecular flexibility index (Phi) is 5.95. The average Bonchev–Trinajstić information content (AvgIpc) is 3.41. The summed E-state index contributed by atoms with van der Waals surface area (Å²) in [5.41, 5.74) is 6.23. The lowest BCUT2D eigenvalue weighted by molar-refractivity contribution is 0.307. The summed E-state index contributed by atoms with van der Waals surface area (Å²) >= 11 is 0. The van der Waals surface area contributed by atoms with Crippen LogP contribution in [0.3, 0.4) is 0 Å². The van der Waals surface area contributed by atoms with Crippen molar-refractivity contribution in [3.8, 4) is 11.1 Å². The molecule has 6 rings (SSSR count). The zero-order valence-electron chi connectivity index (χ0n) is 20.7. The summed E-state index contributed by atoms with van der Waals surface area (Å²) in [7, 11) is 2.05. The standard InChI is InChI=1S/C31H32N3S/c1-21-4-10-27(11-5-21)35(28-12-6-22(2)7-13-28)31-15-8-23(20-33-31)24-16-25(19-32-18-24)29-17-26-9-14-30(29)34(26)3/h4-8,10-13,15-16,18-20,26,29-30H,9,14,17H2,1-3H3/q+1/t26-,29+,30+/m0/s1. The van der Waals surface area contributed by atoms with Gasteiger partial charge in [-0.3, -0.25) is 9.88 Å². The molecule has 3 nitrogen and oxygen atoms in total. The molecule has 2 aliphatic heterocycles. The summed E-state index contributed by atoms with van der Waals surface area (Å²) in [6.45, 7) is 4.27. The molecule has 2 bridgehead atoms. The molecule has 0 spiro atoms. The maximum Gasteiger partial charge on any atom is 0.258 e. The SMILES string of the molecule is Cc1ccc([S+](c2ccc(C)cc2)c2ccc(-c3cncc([C@H]4C[C@@H]5CC[C@H]4N5C)c3)cn2)cc1. The van der Waals surface area contributed by atoms with Crippen LogP contribution >= 0.6 is 0 Å². The molecular weight excluding hydrogens is 446 g/mol. The zero-order chi connectivity index (χ0) is 23.9. The Morgan fingerprint density at radius 2 is 1.46 bits per heavy atom. The number of aryl methyl sites for hydroxylation is 2. The van der Waals surface area contributed by atoms with Gasteiger partial charge in [-0.2, -0.15) is 0 Å². The quantitative estimate of drug-likeness (QED) is 0.295. The predicted octanol–water partition coefficient (Wildman–Crippen LogP) is 6.81. The Morgan fingerprint density at radius 1 is 0.771 bits per heavy atom. The van der Waals surface area contributed by atoms with Crippen LogP contribution in [0.25, 0.3) is 11.1 Å². The third-order valence-electron chi connectivity index (χ3n) is 7.86. The Balaban J connectivity index is 1.32. The molecule has 2 aromatic carbocycles. The number of pyridine rings is 2. The van der Waals surface area contributed by atoms with Crippen molar-refractivity contribution in [2.45, 2.75) is 65.9 Å². The van der Waals surface area contributed by atoms with Crippen molar-refractivity contribution < 1.29 is 0 Å². The van der Waals surface area contributed by atoms with E-state index in [0.29, 0.717) is 12.0 Å². The van der Waals surface area contributed by atoms with Crippen molar-refractivity contribution >= 4 is 10.9 Å². The van der Waals surface area contributed by atoms with Crippen LogP contribution in [0.1, 0.15) is 41.9 Å². The number of benzene rings is 2. The van der Waals surface area contributed by atoms with Crippen molar-refractivity contribution in [3.63, 3.8) is 0 Å². The highest BCUT2D eigenvalue weighted by Gasteiger charge is 2.44. The molecule has 4 aromatic rings. The Labute approximate surface area is 211 Å². The Morgan fingerprint density at radius 3 is 2.00 bits per heavy atom. The zero-order valence-corrected chi connectivity index (χ0v) is 21.5. The first-order chi connectivity index (χ1) is 17.1. The fourth-order valence-corrected chi connectivity index (χ4v) is 7.77. The predicted molar refractivity (Wildman–Crippen MR) is 144 cm³/mol. The molecule has 2 saturated heterocycles. The van der Waals surface area contributed by atoms with Crippen molar-refractivity contribution in [1.29, 1.82) is 0 Å². The first kappa shape index (κ1) is 22.5. The van der Waals surface area contributed by atoms with Gasteiger partial charge in [-0.15, -0.1) is 0 Å². The fourth-order valence-electron chi connectivity index (χ4n) is 5.84. The van der Waals surface area contributed by atoms with E-state index in [1.165, 1.54) is 45.7 Å². The van der Waals surface area contributed by atoms with E-state index in [0.717, 1.165) is 22.2 Å². The summed E-state index contributed by atoms with van der Waals surface area (Å²) < 4.78 is 0. The van der Waals surface area contributed by atoms with Crippen molar-refractivity contribution in [2.24, 2.45) is 0 Å². The van der Waals surface area contributed by atoms with Crippen molar-refractivity contribution in [3.05, 3.63) is 102 Å². The monoisotopic (exact) mass is 478 g/mol. The smallest absolute Gasteiger partial charge is 0.258 e. The highest BCUT2D eigenvalue weighted by molar-refractivity contribution is 7.97. The summed E-state index contributed by atoms with van der Waals surface area (Å²) in [6.07, 6.45) is 10.0. The van der Waals surface area contributed by atoms with E-state index in [4.69, 9.17) is 4.98 Å². The lowest BCUT2D eigenvalue weighted by Crippen LogP contribution is -2.25. The summed E-state index contributed by atoms with van der Waals surface area (Å²) in [6, 6.07) is 26.0. The second kappa shape index (κ2) is 9.25. The molecule has 0 amide bonds. The highest BCUT2D eigenvalue weighted by Crippen LogP contribution is 2.46. The summed E-state index contributed by atoms with van der Waals surface area (Å²) in [4.78, 5) is 14.8. The third-order valence-corrected chi connectivity index (χ3v) is 10.0. The second-order valence-electron chi connectivity index (χ2n) is 10.1. The number of likely N-dealkylation sites (N-methyl/N-ethyl adjacent to an activating group) is 1. The number of nitrogens with zero attached hydrogens (tertiary/aromatic N) is 3. The first-order valence-electron chi connectivity index (χ1n) is 12.6. The van der Waals surface area contributed by atoms with E-state index in [-0.39, 0.29) is 10.9 Å². The minimum atomic E-state index is -0.240. The van der Waals surface area contributed by atoms with Gasteiger partial charge in [0, 0.05) is 53.8 Å². The first-order valence-corrected chi connectivity index (χ1v) is 13.8. The fraction of sp³-hybridized carbons (Fsp3) is 0.290. The van der Waals surface area contributed by atoms with E-state index in [9.17, 15) is 0 Å². The molecule has 0 radical (unpaired) electrons. The number of aromatic nitrogens is 2. The molecule has 0 N–H and O–H groups in total. The molecule has 0 unspecified atom stereocenters. The Bertz CT molecular complexity index is 1270. The van der Waals surface area contributed by atoms with Crippen LogP contribution in [0, 0.1) is 13.8 Å². The molecule has 2 fully saturated rings. The van der Waals surface area contributed by atoms with Crippen molar-refractivity contribution in [1.82, 2.24) is 14.9 Å². The van der Waals surface area contributed by atoms with E-state index in [1.54, 1.807) is 0 Å². The van der Waals surface area contributed by atoms with Crippen LogP contribution in [0.5, 0.6) is 0 Å². The number of hydrogen-bond donors (Lipinski definition) is 0. The lowest BCUT2D eigenvalue weighted by Gasteiger charge is -2.22. The average molecular weight is 479 g/mol. The van der Waals surface area contributed by atoms with Gasteiger partial charge in [-0.25, -0.2) is 4.98 Å². The molecule has 2 aromatic heterocycles. The number of fused-ring (bicyclic) bond motifs is 2. The Hall–Kier alpha value is -2.95. The molecule has 0 aliphatic carbocycles. The van der Waals surface area contributed by atoms with Gasteiger partial charge in [0.25, 0.3) is 5.03 Å². The van der Waals surface area contributed by atoms with Gasteiger partial charge < -0.3 is 0 Å². The maximum absolute atomic E-state index is 5.01. The summed E-state index contributed by atoms with van der Waals surface area (Å²) in [5, 5.41) is 1.10. The van der Waals surface area contributed by atoms with E-state index in [1.807, 2.05) is 12.4 Å². The van der Waals surface area contributed by atoms with Crippen LogP contribution in [0.4, 0.5) is 0 Å². The molecule has 2 aliphatic rings. The molecule has 176 valence electrons. The van der Waals surface area contributed by atoms with Crippen LogP contribution in [-0.4, -0.2) is 34.0 Å².